The number of fused-ring (bicyclic) bond motifs is 1. The van der Waals surface area contributed by atoms with E-state index in [0.29, 0.717) is 34.6 Å². The zero-order valence-corrected chi connectivity index (χ0v) is 19.7. The largest absolute Gasteiger partial charge is 0.351 e. The predicted molar refractivity (Wildman–Crippen MR) is 134 cm³/mol. The molecule has 3 aromatic rings. The number of rotatable bonds is 6. The zero-order valence-electron chi connectivity index (χ0n) is 19.7. The first kappa shape index (κ1) is 23.4. The van der Waals surface area contributed by atoms with Crippen LogP contribution >= 0.6 is 0 Å². The molecule has 0 unspecified atom stereocenters. The smallest absolute Gasteiger partial charge is 0.323 e. The number of hydrogen-bond donors (Lipinski definition) is 4. The lowest BCUT2D eigenvalue weighted by atomic mass is 9.87. The Morgan fingerprint density at radius 2 is 1.79 bits per heavy atom. The number of nitrogens with zero attached hydrogens (tertiary/aromatic N) is 1. The highest BCUT2D eigenvalue weighted by molar-refractivity contribution is 6.06. The third kappa shape index (κ3) is 5.39. The maximum absolute atomic E-state index is 13.1. The van der Waals surface area contributed by atoms with E-state index in [4.69, 9.17) is 5.73 Å². The van der Waals surface area contributed by atoms with Gasteiger partial charge in [0.1, 0.15) is 6.04 Å². The summed E-state index contributed by atoms with van der Waals surface area (Å²) in [5.74, 6) is 0.168. The Morgan fingerprint density at radius 3 is 2.47 bits per heavy atom. The quantitative estimate of drug-likeness (QED) is 0.422. The minimum absolute atomic E-state index is 0.0453. The second kappa shape index (κ2) is 9.21. The lowest BCUT2D eigenvalue weighted by Crippen LogP contribution is -2.45. The monoisotopic (exact) mass is 461 g/mol. The van der Waals surface area contributed by atoms with Gasteiger partial charge in [-0.25, -0.2) is 9.59 Å². The van der Waals surface area contributed by atoms with Crippen LogP contribution in [0, 0.1) is 5.92 Å². The molecule has 8 nitrogen and oxygen atoms in total. The Kier molecular flexibility index (Phi) is 6.32. The molecule has 4 rings (SSSR count). The van der Waals surface area contributed by atoms with Gasteiger partial charge in [0.05, 0.1) is 11.2 Å². The van der Waals surface area contributed by atoms with E-state index in [0.717, 1.165) is 18.4 Å². The molecule has 4 amide bonds. The molecule has 8 heteroatoms. The van der Waals surface area contributed by atoms with Gasteiger partial charge in [-0.3, -0.25) is 9.36 Å². The zero-order chi connectivity index (χ0) is 24.5. The van der Waals surface area contributed by atoms with Gasteiger partial charge < -0.3 is 21.7 Å². The summed E-state index contributed by atoms with van der Waals surface area (Å²) in [5, 5.41) is 9.23. The minimum atomic E-state index is -0.685. The summed E-state index contributed by atoms with van der Waals surface area (Å²) in [6.07, 6.45) is 4.17. The molecular formula is C26H31N5O3. The van der Waals surface area contributed by atoms with Crippen LogP contribution in [0.15, 0.2) is 54.7 Å². The van der Waals surface area contributed by atoms with Gasteiger partial charge in [0.2, 0.25) is 5.91 Å². The van der Waals surface area contributed by atoms with Crippen LogP contribution in [0.25, 0.3) is 10.9 Å². The molecule has 0 radical (unpaired) electrons. The van der Waals surface area contributed by atoms with Gasteiger partial charge in [-0.2, -0.15) is 0 Å². The molecule has 0 aliphatic heterocycles. The first-order chi connectivity index (χ1) is 16.1. The minimum Gasteiger partial charge on any atom is -0.351 e. The maximum atomic E-state index is 13.1. The Balaban J connectivity index is 1.49. The van der Waals surface area contributed by atoms with Crippen LogP contribution in [0.2, 0.25) is 0 Å². The molecule has 1 aliphatic rings. The number of primary amides is 1. The molecule has 1 atom stereocenters. The molecule has 34 heavy (non-hydrogen) atoms. The normalized spacial score (nSPS) is 14.4. The molecule has 0 saturated heterocycles. The number of carbonyl (C=O) groups is 3. The molecular weight excluding hydrogens is 430 g/mol. The number of benzene rings is 2. The number of hydrogen-bond acceptors (Lipinski definition) is 3. The van der Waals surface area contributed by atoms with E-state index in [2.05, 4.69) is 36.7 Å². The number of nitrogens with one attached hydrogen (secondary N) is 3. The van der Waals surface area contributed by atoms with Gasteiger partial charge in [0, 0.05) is 17.3 Å². The van der Waals surface area contributed by atoms with Crippen LogP contribution in [0.1, 0.15) is 45.6 Å². The van der Waals surface area contributed by atoms with E-state index < -0.39 is 18.1 Å². The van der Waals surface area contributed by atoms with Crippen LogP contribution < -0.4 is 21.7 Å². The van der Waals surface area contributed by atoms with Gasteiger partial charge >= 0.3 is 12.1 Å². The maximum Gasteiger partial charge on any atom is 0.323 e. The van der Waals surface area contributed by atoms with Crippen LogP contribution in [0.3, 0.4) is 0 Å². The van der Waals surface area contributed by atoms with E-state index >= 15 is 0 Å². The highest BCUT2D eigenvalue weighted by Gasteiger charge is 2.31. The molecule has 0 bridgehead atoms. The van der Waals surface area contributed by atoms with Crippen molar-refractivity contribution in [1.82, 2.24) is 9.88 Å². The summed E-state index contributed by atoms with van der Waals surface area (Å²) in [6.45, 7) is 6.35. The SMILES string of the molecule is CC(C)(C)c1cccc(NC(=O)[C@H](CC2CC2)NC(=O)Nc2cn(C(N)=O)c3ccccc23)c1. The van der Waals surface area contributed by atoms with Crippen molar-refractivity contribution in [2.75, 3.05) is 10.6 Å². The molecule has 5 N–H and O–H groups in total. The molecule has 1 aliphatic carbocycles. The number of urea groups is 1. The van der Waals surface area contributed by atoms with E-state index in [1.165, 1.54) is 10.8 Å². The number of aromatic nitrogens is 1. The molecule has 1 fully saturated rings. The van der Waals surface area contributed by atoms with E-state index in [1.54, 1.807) is 18.2 Å². The van der Waals surface area contributed by atoms with Gasteiger partial charge in [0.25, 0.3) is 0 Å². The van der Waals surface area contributed by atoms with Crippen molar-refractivity contribution in [1.29, 1.82) is 0 Å². The van der Waals surface area contributed by atoms with Gasteiger partial charge in [0.15, 0.2) is 0 Å². The summed E-state index contributed by atoms with van der Waals surface area (Å²) in [6, 6.07) is 13.1. The lowest BCUT2D eigenvalue weighted by molar-refractivity contribution is -0.118. The molecule has 1 heterocycles. The second-order valence-electron chi connectivity index (χ2n) is 9.92. The second-order valence-corrected chi connectivity index (χ2v) is 9.92. The fourth-order valence-electron chi connectivity index (χ4n) is 3.99. The van der Waals surface area contributed by atoms with Crippen LogP contribution in [-0.4, -0.2) is 28.6 Å². The van der Waals surface area contributed by atoms with Crippen LogP contribution in [0.5, 0.6) is 0 Å². The van der Waals surface area contributed by atoms with Crippen molar-refractivity contribution in [2.24, 2.45) is 11.7 Å². The fourth-order valence-corrected chi connectivity index (χ4v) is 3.99. The molecule has 0 spiro atoms. The van der Waals surface area contributed by atoms with E-state index in [1.807, 2.05) is 30.3 Å². The van der Waals surface area contributed by atoms with Crippen molar-refractivity contribution in [2.45, 2.75) is 51.5 Å². The lowest BCUT2D eigenvalue weighted by Gasteiger charge is -2.21. The number of amides is 4. The third-order valence-corrected chi connectivity index (χ3v) is 6.08. The Labute approximate surface area is 198 Å². The average molecular weight is 462 g/mol. The molecule has 2 aromatic carbocycles. The third-order valence-electron chi connectivity index (χ3n) is 6.08. The number of anilines is 2. The van der Waals surface area contributed by atoms with Crippen molar-refractivity contribution in [3.8, 4) is 0 Å². The van der Waals surface area contributed by atoms with Gasteiger partial charge in [-0.15, -0.1) is 0 Å². The highest BCUT2D eigenvalue weighted by atomic mass is 16.2. The first-order valence-corrected chi connectivity index (χ1v) is 11.5. The molecule has 178 valence electrons. The topological polar surface area (TPSA) is 118 Å². The number of carbonyl (C=O) groups excluding carboxylic acids is 3. The Hall–Kier alpha value is -3.81. The summed E-state index contributed by atoms with van der Waals surface area (Å²) in [7, 11) is 0. The van der Waals surface area contributed by atoms with Gasteiger partial charge in [-0.05, 0) is 41.5 Å². The molecule has 1 aromatic heterocycles. The number of nitrogens with two attached hydrogens (primary N) is 1. The van der Waals surface area contributed by atoms with E-state index in [9.17, 15) is 14.4 Å². The predicted octanol–water partition coefficient (Wildman–Crippen LogP) is 4.79. The Morgan fingerprint density at radius 1 is 1.06 bits per heavy atom. The van der Waals surface area contributed by atoms with Crippen molar-refractivity contribution in [3.05, 3.63) is 60.3 Å². The van der Waals surface area contributed by atoms with Crippen molar-refractivity contribution >= 4 is 40.2 Å². The Bertz CT molecular complexity index is 1240. The highest BCUT2D eigenvalue weighted by Crippen LogP contribution is 2.34. The van der Waals surface area contributed by atoms with Crippen LogP contribution in [-0.2, 0) is 10.2 Å². The summed E-state index contributed by atoms with van der Waals surface area (Å²) >= 11 is 0. The van der Waals surface area contributed by atoms with Crippen molar-refractivity contribution in [3.63, 3.8) is 0 Å². The first-order valence-electron chi connectivity index (χ1n) is 11.5. The van der Waals surface area contributed by atoms with Crippen molar-refractivity contribution < 1.29 is 14.4 Å². The van der Waals surface area contributed by atoms with Crippen LogP contribution in [0.4, 0.5) is 21.0 Å². The standard InChI is InChI=1S/C26H31N5O3/c1-26(2,3)17-7-6-8-18(14-17)28-23(32)20(13-16-11-12-16)29-25(34)30-21-15-31(24(27)33)22-10-5-4-9-19(21)22/h4-10,14-16,20H,11-13H2,1-3H3,(H2,27,33)(H,28,32)(H2,29,30,34)/t20-/m0/s1. The fraction of sp³-hybridized carbons (Fsp3) is 0.346. The summed E-state index contributed by atoms with van der Waals surface area (Å²) < 4.78 is 1.28. The average Bonchev–Trinajstić information content (AvgIpc) is 3.52. The number of para-hydroxylation sites is 1. The van der Waals surface area contributed by atoms with E-state index in [-0.39, 0.29) is 11.3 Å². The summed E-state index contributed by atoms with van der Waals surface area (Å²) in [4.78, 5) is 37.7. The van der Waals surface area contributed by atoms with Gasteiger partial charge in [-0.1, -0.05) is 63.9 Å². The molecule has 1 saturated carbocycles. The summed E-state index contributed by atoms with van der Waals surface area (Å²) in [5.41, 5.74) is 8.26.